The van der Waals surface area contributed by atoms with E-state index in [1.54, 1.807) is 12.3 Å². The van der Waals surface area contributed by atoms with E-state index in [2.05, 4.69) is 15.4 Å². The van der Waals surface area contributed by atoms with Crippen LogP contribution in [-0.4, -0.2) is 15.4 Å². The fourth-order valence-corrected chi connectivity index (χ4v) is 2.29. The molecule has 1 aromatic carbocycles. The Kier molecular flexibility index (Phi) is 2.94. The van der Waals surface area contributed by atoms with Crippen molar-refractivity contribution in [1.29, 1.82) is 0 Å². The van der Waals surface area contributed by atoms with Crippen LogP contribution in [0.1, 0.15) is 5.69 Å². The zero-order valence-corrected chi connectivity index (χ0v) is 11.2. The van der Waals surface area contributed by atoms with Gasteiger partial charge in [-0.1, -0.05) is 16.8 Å². The van der Waals surface area contributed by atoms with E-state index in [1.165, 1.54) is 12.1 Å². The molecule has 0 unspecified atom stereocenters. The van der Waals surface area contributed by atoms with E-state index in [1.807, 2.05) is 6.92 Å². The van der Waals surface area contributed by atoms with Gasteiger partial charge in [0.05, 0.1) is 16.8 Å². The van der Waals surface area contributed by atoms with Crippen LogP contribution in [0, 0.1) is 12.7 Å². The molecule has 3 rings (SSSR count). The van der Waals surface area contributed by atoms with Crippen LogP contribution in [0.3, 0.4) is 0 Å². The number of anilines is 1. The lowest BCUT2D eigenvalue weighted by Gasteiger charge is -2.04. The molecule has 3 N–H and O–H groups in total. The third kappa shape index (κ3) is 1.94. The summed E-state index contributed by atoms with van der Waals surface area (Å²) in [5.74, 6) is -0.302. The molecule has 2 aromatic heterocycles. The van der Waals surface area contributed by atoms with Crippen LogP contribution in [0.25, 0.3) is 22.4 Å². The van der Waals surface area contributed by atoms with Crippen LogP contribution in [0.15, 0.2) is 28.9 Å². The van der Waals surface area contributed by atoms with Gasteiger partial charge in [0.25, 0.3) is 0 Å². The molecule has 0 saturated heterocycles. The van der Waals surface area contributed by atoms with Gasteiger partial charge in [-0.2, -0.15) is 5.10 Å². The maximum atomic E-state index is 13.2. The number of benzene rings is 1. The molecule has 0 radical (unpaired) electrons. The first-order valence-corrected chi connectivity index (χ1v) is 6.16. The maximum Gasteiger partial charge on any atom is 0.230 e. The highest BCUT2D eigenvalue weighted by atomic mass is 35.5. The molecule has 0 amide bonds. The summed E-state index contributed by atoms with van der Waals surface area (Å²) in [6.45, 7) is 1.85. The second kappa shape index (κ2) is 4.64. The van der Waals surface area contributed by atoms with Gasteiger partial charge in [0.15, 0.2) is 0 Å². The molecule has 3 aromatic rings. The first-order chi connectivity index (χ1) is 9.58. The van der Waals surface area contributed by atoms with Crippen molar-refractivity contribution in [2.75, 3.05) is 5.73 Å². The van der Waals surface area contributed by atoms with Crippen molar-refractivity contribution in [2.45, 2.75) is 6.92 Å². The Balaban J connectivity index is 2.24. The van der Waals surface area contributed by atoms with Crippen LogP contribution >= 0.6 is 11.6 Å². The molecule has 20 heavy (non-hydrogen) atoms. The summed E-state index contributed by atoms with van der Waals surface area (Å²) in [5, 5.41) is 10.9. The summed E-state index contributed by atoms with van der Waals surface area (Å²) in [6.07, 6.45) is 1.62. The Morgan fingerprint density at radius 2 is 2.15 bits per heavy atom. The normalized spacial score (nSPS) is 10.9. The zero-order valence-electron chi connectivity index (χ0n) is 10.4. The van der Waals surface area contributed by atoms with Gasteiger partial charge in [0.2, 0.25) is 5.88 Å². The number of nitrogen functional groups attached to an aromatic ring is 1. The fraction of sp³-hybridized carbons (Fsp3) is 0.0769. The van der Waals surface area contributed by atoms with Gasteiger partial charge in [-0.15, -0.1) is 0 Å². The summed E-state index contributed by atoms with van der Waals surface area (Å²) in [7, 11) is 0. The van der Waals surface area contributed by atoms with Crippen LogP contribution in [-0.2, 0) is 0 Å². The minimum absolute atomic E-state index is 0.120. The van der Waals surface area contributed by atoms with Crippen molar-refractivity contribution < 1.29 is 8.91 Å². The number of aromatic nitrogens is 3. The predicted octanol–water partition coefficient (Wildman–Crippen LogP) is 3.41. The van der Waals surface area contributed by atoms with E-state index >= 15 is 0 Å². The second-order valence-corrected chi connectivity index (χ2v) is 4.71. The van der Waals surface area contributed by atoms with E-state index in [0.29, 0.717) is 16.8 Å². The molecule has 102 valence electrons. The van der Waals surface area contributed by atoms with Crippen molar-refractivity contribution in [2.24, 2.45) is 0 Å². The van der Waals surface area contributed by atoms with Gasteiger partial charge < -0.3 is 10.3 Å². The van der Waals surface area contributed by atoms with Gasteiger partial charge in [0, 0.05) is 16.8 Å². The maximum absolute atomic E-state index is 13.2. The van der Waals surface area contributed by atoms with Crippen molar-refractivity contribution >= 4 is 17.5 Å². The molecule has 0 aliphatic rings. The number of H-pyrrole nitrogens is 1. The van der Waals surface area contributed by atoms with E-state index in [9.17, 15) is 4.39 Å². The van der Waals surface area contributed by atoms with Crippen molar-refractivity contribution in [1.82, 2.24) is 15.4 Å². The van der Waals surface area contributed by atoms with Crippen molar-refractivity contribution in [3.8, 4) is 22.4 Å². The third-order valence-corrected chi connectivity index (χ3v) is 3.32. The molecule has 0 bridgehead atoms. The number of nitrogens with zero attached hydrogens (tertiary/aromatic N) is 2. The number of hydrogen-bond donors (Lipinski definition) is 2. The Morgan fingerprint density at radius 1 is 1.35 bits per heavy atom. The highest BCUT2D eigenvalue weighted by Crippen LogP contribution is 2.40. The molecule has 0 aliphatic heterocycles. The smallest absolute Gasteiger partial charge is 0.230 e. The van der Waals surface area contributed by atoms with E-state index < -0.39 is 5.82 Å². The number of nitrogens with one attached hydrogen (secondary N) is 1. The van der Waals surface area contributed by atoms with Crippen LogP contribution in [0.2, 0.25) is 5.02 Å². The molecule has 0 spiro atoms. The largest absolute Gasteiger partial charge is 0.367 e. The fourth-order valence-electron chi connectivity index (χ4n) is 2.03. The summed E-state index contributed by atoms with van der Waals surface area (Å²) < 4.78 is 18.2. The van der Waals surface area contributed by atoms with E-state index in [4.69, 9.17) is 21.9 Å². The number of halogens is 2. The predicted molar refractivity (Wildman–Crippen MR) is 73.6 cm³/mol. The zero-order chi connectivity index (χ0) is 14.3. The average molecular weight is 293 g/mol. The van der Waals surface area contributed by atoms with Gasteiger partial charge in [-0.25, -0.2) is 4.39 Å². The molecule has 7 heteroatoms. The van der Waals surface area contributed by atoms with Crippen LogP contribution in [0.4, 0.5) is 10.3 Å². The molecular formula is C13H10ClFN4O. The standard InChI is InChI=1S/C13H10ClFN4O/c1-6-9(5-17-18-6)12-11(13(16)20-19-12)8-3-2-7(15)4-10(8)14/h2-5H,16H2,1H3,(H,17,18). The minimum Gasteiger partial charge on any atom is -0.367 e. The molecule has 0 atom stereocenters. The number of hydrogen-bond acceptors (Lipinski definition) is 4. The number of rotatable bonds is 2. The summed E-state index contributed by atoms with van der Waals surface area (Å²) in [5.41, 5.74) is 8.99. The van der Waals surface area contributed by atoms with Crippen LogP contribution < -0.4 is 5.73 Å². The second-order valence-electron chi connectivity index (χ2n) is 4.30. The minimum atomic E-state index is -0.421. The number of aromatic amines is 1. The lowest BCUT2D eigenvalue weighted by Crippen LogP contribution is -1.90. The summed E-state index contributed by atoms with van der Waals surface area (Å²) in [4.78, 5) is 0. The topological polar surface area (TPSA) is 80.7 Å². The summed E-state index contributed by atoms with van der Waals surface area (Å²) >= 11 is 6.08. The first-order valence-electron chi connectivity index (χ1n) is 5.79. The van der Waals surface area contributed by atoms with Gasteiger partial charge in [-0.3, -0.25) is 5.10 Å². The molecule has 5 nitrogen and oxygen atoms in total. The Labute approximate surface area is 118 Å². The third-order valence-electron chi connectivity index (χ3n) is 3.00. The highest BCUT2D eigenvalue weighted by molar-refractivity contribution is 6.33. The Bertz CT molecular complexity index is 781. The van der Waals surface area contributed by atoms with Gasteiger partial charge >= 0.3 is 0 Å². The van der Waals surface area contributed by atoms with Crippen molar-refractivity contribution in [3.05, 3.63) is 40.9 Å². The molecule has 2 heterocycles. The van der Waals surface area contributed by atoms with Crippen LogP contribution in [0.5, 0.6) is 0 Å². The SMILES string of the molecule is Cc1[nH]ncc1-c1noc(N)c1-c1ccc(F)cc1Cl. The quantitative estimate of drug-likeness (QED) is 0.758. The molecular weight excluding hydrogens is 283 g/mol. The van der Waals surface area contributed by atoms with Gasteiger partial charge in [0.1, 0.15) is 11.5 Å². The number of aryl methyl sites for hydroxylation is 1. The molecule has 0 saturated carbocycles. The lowest BCUT2D eigenvalue weighted by molar-refractivity contribution is 0.439. The molecule has 0 fully saturated rings. The number of nitrogens with two attached hydrogens (primary N) is 1. The van der Waals surface area contributed by atoms with E-state index in [-0.39, 0.29) is 10.9 Å². The highest BCUT2D eigenvalue weighted by Gasteiger charge is 2.21. The Morgan fingerprint density at radius 3 is 2.80 bits per heavy atom. The Hall–Kier alpha value is -2.34. The van der Waals surface area contributed by atoms with E-state index in [0.717, 1.165) is 11.3 Å². The van der Waals surface area contributed by atoms with Crippen molar-refractivity contribution in [3.63, 3.8) is 0 Å². The average Bonchev–Trinajstić information content (AvgIpc) is 2.96. The molecule has 0 aliphatic carbocycles. The monoisotopic (exact) mass is 292 g/mol. The lowest BCUT2D eigenvalue weighted by atomic mass is 10.0. The van der Waals surface area contributed by atoms with Gasteiger partial charge in [-0.05, 0) is 25.1 Å². The first kappa shape index (κ1) is 12.7. The summed E-state index contributed by atoms with van der Waals surface area (Å²) in [6, 6.07) is 4.06.